The summed E-state index contributed by atoms with van der Waals surface area (Å²) in [5.74, 6) is -0.812. The molecule has 16 heavy (non-hydrogen) atoms. The zero-order valence-corrected chi connectivity index (χ0v) is 9.59. The molecule has 1 rings (SSSR count). The number of halogens is 2. The van der Waals surface area contributed by atoms with Gasteiger partial charge in [-0.1, -0.05) is 0 Å². The van der Waals surface area contributed by atoms with Gasteiger partial charge in [-0.05, 0) is 32.0 Å². The largest absolute Gasteiger partial charge is 0.380 e. The molecule has 0 aliphatic carbocycles. The summed E-state index contributed by atoms with van der Waals surface area (Å²) in [7, 11) is 0. The maximum absolute atomic E-state index is 13.4. The molecule has 0 aliphatic rings. The summed E-state index contributed by atoms with van der Waals surface area (Å²) in [4.78, 5) is 0. The van der Waals surface area contributed by atoms with Gasteiger partial charge in [0.1, 0.15) is 11.6 Å². The Morgan fingerprint density at radius 2 is 2.12 bits per heavy atom. The summed E-state index contributed by atoms with van der Waals surface area (Å²) in [6, 6.07) is 3.25. The minimum absolute atomic E-state index is 0.226. The molecule has 1 aromatic carbocycles. The van der Waals surface area contributed by atoms with E-state index in [0.29, 0.717) is 25.3 Å². The van der Waals surface area contributed by atoms with Crippen molar-refractivity contribution in [1.29, 1.82) is 0 Å². The van der Waals surface area contributed by atoms with Crippen molar-refractivity contribution in [2.75, 3.05) is 19.8 Å². The van der Waals surface area contributed by atoms with E-state index in [-0.39, 0.29) is 6.04 Å². The summed E-state index contributed by atoms with van der Waals surface area (Å²) in [6.45, 7) is 5.55. The van der Waals surface area contributed by atoms with Crippen LogP contribution in [0.3, 0.4) is 0 Å². The fraction of sp³-hybridized carbons (Fsp3) is 0.500. The SMILES string of the molecule is CCOCCNC(C)c1cc(F)ccc1F. The smallest absolute Gasteiger partial charge is 0.128 e. The molecule has 0 amide bonds. The molecule has 0 bridgehead atoms. The summed E-state index contributed by atoms with van der Waals surface area (Å²) >= 11 is 0. The molecule has 0 radical (unpaired) electrons. The second-order valence-electron chi connectivity index (χ2n) is 3.54. The molecule has 0 aliphatic heterocycles. The summed E-state index contributed by atoms with van der Waals surface area (Å²) < 4.78 is 31.4. The van der Waals surface area contributed by atoms with Gasteiger partial charge >= 0.3 is 0 Å². The van der Waals surface area contributed by atoms with Gasteiger partial charge in [0.25, 0.3) is 0 Å². The minimum Gasteiger partial charge on any atom is -0.380 e. The van der Waals surface area contributed by atoms with Gasteiger partial charge in [-0.2, -0.15) is 0 Å². The molecule has 0 heterocycles. The second-order valence-corrected chi connectivity index (χ2v) is 3.54. The van der Waals surface area contributed by atoms with E-state index < -0.39 is 11.6 Å². The predicted molar refractivity (Wildman–Crippen MR) is 59.3 cm³/mol. The van der Waals surface area contributed by atoms with Crippen LogP contribution >= 0.6 is 0 Å². The minimum atomic E-state index is -0.421. The quantitative estimate of drug-likeness (QED) is 0.757. The fourth-order valence-electron chi connectivity index (χ4n) is 1.45. The van der Waals surface area contributed by atoms with E-state index in [2.05, 4.69) is 5.32 Å². The van der Waals surface area contributed by atoms with Gasteiger partial charge in [0.05, 0.1) is 6.61 Å². The average molecular weight is 229 g/mol. The highest BCUT2D eigenvalue weighted by atomic mass is 19.1. The van der Waals surface area contributed by atoms with Crippen LogP contribution in [0.2, 0.25) is 0 Å². The van der Waals surface area contributed by atoms with Crippen LogP contribution in [0.4, 0.5) is 8.78 Å². The van der Waals surface area contributed by atoms with Crippen LogP contribution in [0.15, 0.2) is 18.2 Å². The first-order chi connectivity index (χ1) is 7.65. The first-order valence-corrected chi connectivity index (χ1v) is 5.41. The number of benzene rings is 1. The van der Waals surface area contributed by atoms with E-state index in [4.69, 9.17) is 4.74 Å². The lowest BCUT2D eigenvalue weighted by Gasteiger charge is -2.15. The van der Waals surface area contributed by atoms with Crippen molar-refractivity contribution >= 4 is 0 Å². The molecule has 0 saturated heterocycles. The molecule has 1 N–H and O–H groups in total. The normalized spacial score (nSPS) is 12.8. The fourth-order valence-corrected chi connectivity index (χ4v) is 1.45. The molecule has 2 nitrogen and oxygen atoms in total. The molecular weight excluding hydrogens is 212 g/mol. The van der Waals surface area contributed by atoms with Gasteiger partial charge in [0.15, 0.2) is 0 Å². The highest BCUT2D eigenvalue weighted by Gasteiger charge is 2.10. The van der Waals surface area contributed by atoms with Crippen LogP contribution in [-0.4, -0.2) is 19.8 Å². The lowest BCUT2D eigenvalue weighted by atomic mass is 10.1. The number of nitrogens with one attached hydrogen (secondary N) is 1. The molecule has 0 saturated carbocycles. The summed E-state index contributed by atoms with van der Waals surface area (Å²) in [5, 5.41) is 3.07. The van der Waals surface area contributed by atoms with E-state index in [9.17, 15) is 8.78 Å². The Hall–Kier alpha value is -1.00. The Balaban J connectivity index is 2.51. The van der Waals surface area contributed by atoms with Crippen LogP contribution < -0.4 is 5.32 Å². The number of hydrogen-bond donors (Lipinski definition) is 1. The molecule has 1 aromatic rings. The average Bonchev–Trinajstić information content (AvgIpc) is 2.27. The Morgan fingerprint density at radius 1 is 1.38 bits per heavy atom. The number of rotatable bonds is 6. The van der Waals surface area contributed by atoms with Gasteiger partial charge in [-0.15, -0.1) is 0 Å². The molecule has 4 heteroatoms. The maximum atomic E-state index is 13.4. The molecule has 1 unspecified atom stereocenters. The Kier molecular flexibility index (Phi) is 5.35. The molecule has 0 aromatic heterocycles. The number of ether oxygens (including phenoxy) is 1. The van der Waals surface area contributed by atoms with Crippen LogP contribution in [0, 0.1) is 11.6 Å². The lowest BCUT2D eigenvalue weighted by Crippen LogP contribution is -2.24. The van der Waals surface area contributed by atoms with Crippen molar-refractivity contribution in [3.63, 3.8) is 0 Å². The van der Waals surface area contributed by atoms with Crippen molar-refractivity contribution < 1.29 is 13.5 Å². The van der Waals surface area contributed by atoms with Crippen LogP contribution in [-0.2, 0) is 4.74 Å². The van der Waals surface area contributed by atoms with E-state index >= 15 is 0 Å². The Bertz CT molecular complexity index is 331. The van der Waals surface area contributed by atoms with Crippen LogP contribution in [0.25, 0.3) is 0 Å². The van der Waals surface area contributed by atoms with Crippen molar-refractivity contribution in [2.45, 2.75) is 19.9 Å². The highest BCUT2D eigenvalue weighted by molar-refractivity contribution is 5.21. The third-order valence-electron chi connectivity index (χ3n) is 2.33. The standard InChI is InChI=1S/C12H17F2NO/c1-3-16-7-6-15-9(2)11-8-10(13)4-5-12(11)14/h4-5,8-9,15H,3,6-7H2,1-2H3. The molecule has 1 atom stereocenters. The zero-order chi connectivity index (χ0) is 12.0. The third kappa shape index (κ3) is 3.87. The second kappa shape index (κ2) is 6.55. The van der Waals surface area contributed by atoms with Gasteiger partial charge in [-0.25, -0.2) is 8.78 Å². The lowest BCUT2D eigenvalue weighted by molar-refractivity contribution is 0.147. The van der Waals surface area contributed by atoms with Gasteiger partial charge in [-0.3, -0.25) is 0 Å². The van der Waals surface area contributed by atoms with Crippen molar-refractivity contribution in [2.24, 2.45) is 0 Å². The molecule has 0 fully saturated rings. The van der Waals surface area contributed by atoms with Gasteiger partial charge < -0.3 is 10.1 Å². The molecular formula is C12H17F2NO. The predicted octanol–water partition coefficient (Wildman–Crippen LogP) is 2.65. The highest BCUT2D eigenvalue weighted by Crippen LogP contribution is 2.17. The number of hydrogen-bond acceptors (Lipinski definition) is 2. The topological polar surface area (TPSA) is 21.3 Å². The van der Waals surface area contributed by atoms with E-state index in [0.717, 1.165) is 12.1 Å². The Morgan fingerprint density at radius 3 is 2.81 bits per heavy atom. The van der Waals surface area contributed by atoms with Crippen molar-refractivity contribution in [3.8, 4) is 0 Å². The maximum Gasteiger partial charge on any atom is 0.128 e. The van der Waals surface area contributed by atoms with Crippen molar-refractivity contribution in [1.82, 2.24) is 5.32 Å². The van der Waals surface area contributed by atoms with Crippen molar-refractivity contribution in [3.05, 3.63) is 35.4 Å². The third-order valence-corrected chi connectivity index (χ3v) is 2.33. The molecule has 90 valence electrons. The monoisotopic (exact) mass is 229 g/mol. The summed E-state index contributed by atoms with van der Waals surface area (Å²) in [6.07, 6.45) is 0. The first-order valence-electron chi connectivity index (χ1n) is 5.41. The van der Waals surface area contributed by atoms with Crippen LogP contribution in [0.1, 0.15) is 25.5 Å². The first kappa shape index (κ1) is 13.1. The van der Waals surface area contributed by atoms with Gasteiger partial charge in [0, 0.05) is 24.8 Å². The van der Waals surface area contributed by atoms with E-state index in [1.165, 1.54) is 6.07 Å². The van der Waals surface area contributed by atoms with Gasteiger partial charge in [0.2, 0.25) is 0 Å². The molecule has 0 spiro atoms. The van der Waals surface area contributed by atoms with Crippen LogP contribution in [0.5, 0.6) is 0 Å². The zero-order valence-electron chi connectivity index (χ0n) is 9.59. The van der Waals surface area contributed by atoms with E-state index in [1.54, 1.807) is 6.92 Å². The van der Waals surface area contributed by atoms with E-state index in [1.807, 2.05) is 6.92 Å². The summed E-state index contributed by atoms with van der Waals surface area (Å²) in [5.41, 5.74) is 0.344. The Labute approximate surface area is 94.6 Å².